The van der Waals surface area contributed by atoms with Gasteiger partial charge in [0.05, 0.1) is 30.5 Å². The van der Waals surface area contributed by atoms with Crippen LogP contribution in [0.25, 0.3) is 32.9 Å². The van der Waals surface area contributed by atoms with E-state index in [9.17, 15) is 14.4 Å². The van der Waals surface area contributed by atoms with Crippen molar-refractivity contribution >= 4 is 39.6 Å². The number of ether oxygens (including phenoxy) is 2. The van der Waals surface area contributed by atoms with E-state index in [1.807, 2.05) is 54.7 Å². The minimum atomic E-state index is -1.20. The van der Waals surface area contributed by atoms with E-state index in [1.54, 1.807) is 17.8 Å². The number of aryl methyl sites for hydroxylation is 1. The second kappa shape index (κ2) is 17.6. The number of benzene rings is 2. The molecule has 1 saturated carbocycles. The molecule has 60 heavy (non-hydrogen) atoms. The molecule has 8 rings (SSSR count). The molecule has 5 heterocycles. The van der Waals surface area contributed by atoms with Gasteiger partial charge in [-0.1, -0.05) is 42.3 Å². The maximum Gasteiger partial charge on any atom is 0.274 e. The molecule has 2 aromatic carbocycles. The first kappa shape index (κ1) is 41.2. The summed E-state index contributed by atoms with van der Waals surface area (Å²) in [6, 6.07) is 18.6. The van der Waals surface area contributed by atoms with Gasteiger partial charge in [0.2, 0.25) is 17.8 Å². The molecule has 14 heteroatoms. The van der Waals surface area contributed by atoms with Crippen molar-refractivity contribution in [3.05, 3.63) is 88.6 Å². The summed E-state index contributed by atoms with van der Waals surface area (Å²) in [5.41, 5.74) is 8.64. The molecule has 2 saturated heterocycles. The lowest BCUT2D eigenvalue weighted by Gasteiger charge is -2.45. The third-order valence-electron chi connectivity index (χ3n) is 12.5. The summed E-state index contributed by atoms with van der Waals surface area (Å²) in [6.07, 6.45) is 15.0. The number of nitrogens with one attached hydrogen (secondary N) is 3. The van der Waals surface area contributed by atoms with E-state index < -0.39 is 11.5 Å². The van der Waals surface area contributed by atoms with Crippen molar-refractivity contribution in [2.45, 2.75) is 81.6 Å². The van der Waals surface area contributed by atoms with Gasteiger partial charge in [0.25, 0.3) is 5.56 Å². The number of terminal acetylenes is 1. The molecular weight excluding hydrogens is 759 g/mol. The number of piperidine rings is 2. The van der Waals surface area contributed by atoms with E-state index in [2.05, 4.69) is 44.3 Å². The van der Waals surface area contributed by atoms with Gasteiger partial charge in [-0.25, -0.2) is 9.97 Å². The van der Waals surface area contributed by atoms with Crippen LogP contribution < -0.4 is 26.8 Å². The minimum absolute atomic E-state index is 0.0253. The molecule has 0 spiro atoms. The number of amides is 2. The Kier molecular flexibility index (Phi) is 12.0. The second-order valence-electron chi connectivity index (χ2n) is 16.8. The number of carbonyl (C=O) groups excluding carboxylic acids is 2. The third kappa shape index (κ3) is 8.81. The zero-order valence-corrected chi connectivity index (χ0v) is 34.5. The first-order valence-electron chi connectivity index (χ1n) is 21.1. The maximum absolute atomic E-state index is 13.0. The van der Waals surface area contributed by atoms with E-state index in [0.717, 1.165) is 97.7 Å². The van der Waals surface area contributed by atoms with Gasteiger partial charge in [0.15, 0.2) is 5.60 Å². The fourth-order valence-electron chi connectivity index (χ4n) is 8.76. The van der Waals surface area contributed by atoms with Crippen molar-refractivity contribution in [2.75, 3.05) is 51.0 Å². The second-order valence-corrected chi connectivity index (χ2v) is 16.8. The number of hydrogen-bond donors (Lipinski definition) is 4. The molecule has 2 aliphatic heterocycles. The summed E-state index contributed by atoms with van der Waals surface area (Å²) in [7, 11) is 1.76. The predicted octanol–water partition coefficient (Wildman–Crippen LogP) is 4.30. The fourth-order valence-corrected chi connectivity index (χ4v) is 8.76. The van der Waals surface area contributed by atoms with Crippen LogP contribution in [0.4, 0.5) is 5.95 Å². The van der Waals surface area contributed by atoms with Crippen LogP contribution in [-0.2, 0) is 31.7 Å². The predicted molar refractivity (Wildman–Crippen MR) is 232 cm³/mol. The van der Waals surface area contributed by atoms with Crippen LogP contribution in [0, 0.1) is 12.3 Å². The van der Waals surface area contributed by atoms with Crippen LogP contribution in [0.3, 0.4) is 0 Å². The van der Waals surface area contributed by atoms with Crippen molar-refractivity contribution < 1.29 is 19.1 Å². The number of hydrogen-bond acceptors (Lipinski definition) is 10. The molecule has 1 aliphatic carbocycles. The molecule has 1 atom stereocenters. The van der Waals surface area contributed by atoms with E-state index in [1.165, 1.54) is 0 Å². The number of nitrogens with two attached hydrogens (primary N) is 1. The smallest absolute Gasteiger partial charge is 0.274 e. The number of primary amides is 1. The number of aromatic amines is 1. The molecule has 0 bridgehead atoms. The molecule has 2 amide bonds. The number of likely N-dealkylation sites (tertiary alicyclic amines) is 1. The van der Waals surface area contributed by atoms with Crippen LogP contribution in [0.2, 0.25) is 0 Å². The first-order valence-corrected chi connectivity index (χ1v) is 21.1. The Balaban J connectivity index is 1.18. The molecule has 314 valence electrons. The number of rotatable bonds is 16. The van der Waals surface area contributed by atoms with Crippen LogP contribution in [0.1, 0.15) is 69.5 Å². The van der Waals surface area contributed by atoms with Gasteiger partial charge in [-0.3, -0.25) is 14.4 Å². The highest BCUT2D eigenvalue weighted by Gasteiger charge is 2.45. The Labute approximate surface area is 350 Å². The standard InChI is InChI=1S/C46H55N9O5/c1-4-21-50-45(2)19-25-54(26-20-45)33-17-23-55(24-18-33)44-51-38-13-10-31(37-28-53(3)43(58)41-35(37)16-22-48-41)27-36(38)42(52-44)46(60-34-11-12-34,32-8-6-5-7-9-32)29-59-30-49-40(57)15-14-39(47)56/h1,5-10,13,16,22,27-28,33-34,48,50H,11-12,14-15,17-21,23-26,29-30H2,2-3H3,(H2,47,56)(H,49,57)/t46-/m0/s1. The van der Waals surface area contributed by atoms with Crippen molar-refractivity contribution in [3.63, 3.8) is 0 Å². The average molecular weight is 814 g/mol. The number of aromatic nitrogens is 4. The normalized spacial score (nSPS) is 18.3. The van der Waals surface area contributed by atoms with Crippen LogP contribution in [-0.4, -0.2) is 100.0 Å². The maximum atomic E-state index is 13.0. The SMILES string of the molecule is C#CCNC1(C)CCN(C2CCN(c3nc([C@@](COCNC(=O)CCC(N)=O)(OC4CC4)c4ccccc4)c4cc(-c5cn(C)c(=O)c6[nH]ccc56)ccc4n3)CC2)CC1. The molecule has 0 unspecified atom stereocenters. The Morgan fingerprint density at radius 1 is 1.02 bits per heavy atom. The van der Waals surface area contributed by atoms with E-state index >= 15 is 0 Å². The Bertz CT molecular complexity index is 2440. The summed E-state index contributed by atoms with van der Waals surface area (Å²) in [4.78, 5) is 55.7. The summed E-state index contributed by atoms with van der Waals surface area (Å²) in [5, 5.41) is 7.94. The van der Waals surface area contributed by atoms with Crippen molar-refractivity contribution in [1.82, 2.24) is 35.1 Å². The number of pyridine rings is 1. The van der Waals surface area contributed by atoms with Crippen molar-refractivity contribution in [1.29, 1.82) is 0 Å². The van der Waals surface area contributed by atoms with E-state index in [0.29, 0.717) is 29.7 Å². The molecule has 3 aromatic heterocycles. The Hall–Kier alpha value is -5.59. The Morgan fingerprint density at radius 2 is 1.78 bits per heavy atom. The lowest BCUT2D eigenvalue weighted by molar-refractivity contribution is -0.128. The van der Waals surface area contributed by atoms with Crippen LogP contribution in [0.5, 0.6) is 0 Å². The largest absolute Gasteiger partial charge is 0.370 e. The molecule has 3 fully saturated rings. The zero-order chi connectivity index (χ0) is 41.9. The summed E-state index contributed by atoms with van der Waals surface area (Å²) in [6.45, 7) is 6.47. The highest BCUT2D eigenvalue weighted by atomic mass is 16.6. The minimum Gasteiger partial charge on any atom is -0.370 e. The van der Waals surface area contributed by atoms with Crippen LogP contribution >= 0.6 is 0 Å². The fraction of sp³-hybridized carbons (Fsp3) is 0.457. The topological polar surface area (TPSA) is 173 Å². The quantitative estimate of drug-likeness (QED) is 0.0640. The van der Waals surface area contributed by atoms with Gasteiger partial charge < -0.3 is 45.2 Å². The lowest BCUT2D eigenvalue weighted by Crippen LogP contribution is -2.55. The summed E-state index contributed by atoms with van der Waals surface area (Å²) >= 11 is 0. The van der Waals surface area contributed by atoms with E-state index in [-0.39, 0.29) is 49.3 Å². The highest BCUT2D eigenvalue weighted by Crippen LogP contribution is 2.44. The van der Waals surface area contributed by atoms with Crippen molar-refractivity contribution in [2.24, 2.45) is 12.8 Å². The number of fused-ring (bicyclic) bond motifs is 2. The van der Waals surface area contributed by atoms with Gasteiger partial charge in [-0.05, 0) is 74.8 Å². The number of H-pyrrole nitrogens is 1. The zero-order valence-electron chi connectivity index (χ0n) is 34.5. The van der Waals surface area contributed by atoms with Crippen molar-refractivity contribution in [3.8, 4) is 23.5 Å². The monoisotopic (exact) mass is 813 g/mol. The molecule has 5 N–H and O–H groups in total. The number of nitrogens with zero attached hydrogens (tertiary/aromatic N) is 5. The molecule has 5 aromatic rings. The number of carbonyl (C=O) groups is 2. The summed E-state index contributed by atoms with van der Waals surface area (Å²) < 4.78 is 15.1. The van der Waals surface area contributed by atoms with Crippen LogP contribution in [0.15, 0.2) is 71.8 Å². The lowest BCUT2D eigenvalue weighted by atomic mass is 9.87. The molecular formula is C46H55N9O5. The summed E-state index contributed by atoms with van der Waals surface area (Å²) in [5.74, 6) is 2.48. The van der Waals surface area contributed by atoms with Gasteiger partial charge in [-0.15, -0.1) is 6.42 Å². The molecule has 0 radical (unpaired) electrons. The third-order valence-corrected chi connectivity index (χ3v) is 12.5. The van der Waals surface area contributed by atoms with E-state index in [4.69, 9.17) is 31.6 Å². The average Bonchev–Trinajstić information content (AvgIpc) is 3.95. The highest BCUT2D eigenvalue weighted by molar-refractivity contribution is 5.97. The van der Waals surface area contributed by atoms with Gasteiger partial charge >= 0.3 is 0 Å². The molecule has 3 aliphatic rings. The number of anilines is 1. The van der Waals surface area contributed by atoms with Gasteiger partial charge in [0, 0.05) is 86.4 Å². The Morgan fingerprint density at radius 3 is 2.50 bits per heavy atom. The van der Waals surface area contributed by atoms with Gasteiger partial charge in [-0.2, -0.15) is 0 Å². The molecule has 14 nitrogen and oxygen atoms in total. The van der Waals surface area contributed by atoms with Gasteiger partial charge in [0.1, 0.15) is 12.2 Å². The first-order chi connectivity index (χ1) is 29.1.